The second-order valence-electron chi connectivity index (χ2n) is 7.28. The number of nitrogens with zero attached hydrogens (tertiary/aromatic N) is 1. The summed E-state index contributed by atoms with van der Waals surface area (Å²) in [6, 6.07) is 8.32. The molecule has 1 fully saturated rings. The molecule has 0 bridgehead atoms. The Morgan fingerprint density at radius 2 is 1.83 bits per heavy atom. The number of likely N-dealkylation sites (N-methyl/N-ethyl adjacent to an activating group) is 1. The molecule has 0 saturated heterocycles. The Labute approximate surface area is 158 Å². The molecule has 4 heteroatoms. The lowest BCUT2D eigenvalue weighted by atomic mass is 9.93. The second kappa shape index (κ2) is 9.02. The summed E-state index contributed by atoms with van der Waals surface area (Å²) in [6.07, 6.45) is 6.57. The molecule has 1 aliphatic rings. The van der Waals surface area contributed by atoms with Gasteiger partial charge in [-0.2, -0.15) is 0 Å². The van der Waals surface area contributed by atoms with Gasteiger partial charge in [0, 0.05) is 0 Å². The molecule has 1 aromatic carbocycles. The molecular formula is C19H30INO2. The zero-order chi connectivity index (χ0) is 16.2. The van der Waals surface area contributed by atoms with Gasteiger partial charge in [0.25, 0.3) is 0 Å². The van der Waals surface area contributed by atoms with Crippen LogP contribution in [0.15, 0.2) is 24.3 Å². The van der Waals surface area contributed by atoms with Crippen LogP contribution in [0.2, 0.25) is 0 Å². The van der Waals surface area contributed by atoms with Crippen molar-refractivity contribution < 1.29 is 38.0 Å². The van der Waals surface area contributed by atoms with E-state index >= 15 is 0 Å². The SMILES string of the molecule is Cc1ccccc1C(=O)OC(C)C[N+](C)(C)C1CCCCC1.[I-]. The molecule has 1 aromatic rings. The molecule has 1 saturated carbocycles. The summed E-state index contributed by atoms with van der Waals surface area (Å²) in [5.74, 6) is -0.200. The average molecular weight is 431 g/mol. The third kappa shape index (κ3) is 5.75. The third-order valence-corrected chi connectivity index (χ3v) is 4.96. The van der Waals surface area contributed by atoms with Crippen molar-refractivity contribution in [3.63, 3.8) is 0 Å². The quantitative estimate of drug-likeness (QED) is 0.395. The fourth-order valence-corrected chi connectivity index (χ4v) is 3.68. The topological polar surface area (TPSA) is 26.3 Å². The number of esters is 1. The van der Waals surface area contributed by atoms with Crippen LogP contribution in [0.25, 0.3) is 0 Å². The van der Waals surface area contributed by atoms with Gasteiger partial charge >= 0.3 is 5.97 Å². The molecule has 0 N–H and O–H groups in total. The lowest BCUT2D eigenvalue weighted by Crippen LogP contribution is -3.00. The summed E-state index contributed by atoms with van der Waals surface area (Å²) in [4.78, 5) is 12.3. The van der Waals surface area contributed by atoms with Crippen molar-refractivity contribution in [2.45, 2.75) is 58.1 Å². The standard InChI is InChI=1S/C19H30NO2.HI/c1-15-10-8-9-13-18(15)19(21)22-16(2)14-20(3,4)17-11-6-5-7-12-17;/h8-10,13,16-17H,5-7,11-12,14H2,1-4H3;1H/q+1;/p-1. The van der Waals surface area contributed by atoms with E-state index in [2.05, 4.69) is 14.1 Å². The van der Waals surface area contributed by atoms with Crippen LogP contribution in [-0.2, 0) is 4.74 Å². The largest absolute Gasteiger partial charge is 1.00 e. The van der Waals surface area contributed by atoms with Gasteiger partial charge in [0.1, 0.15) is 12.6 Å². The number of carbonyl (C=O) groups excluding carboxylic acids is 1. The van der Waals surface area contributed by atoms with Crippen molar-refractivity contribution in [3.8, 4) is 0 Å². The van der Waals surface area contributed by atoms with Crippen molar-refractivity contribution in [2.24, 2.45) is 0 Å². The molecule has 2 rings (SSSR count). The third-order valence-electron chi connectivity index (χ3n) is 4.96. The average Bonchev–Trinajstić information content (AvgIpc) is 2.47. The van der Waals surface area contributed by atoms with Gasteiger partial charge in [-0.05, 0) is 51.2 Å². The molecule has 130 valence electrons. The number of ether oxygens (including phenoxy) is 1. The van der Waals surface area contributed by atoms with Crippen LogP contribution in [0, 0.1) is 6.92 Å². The van der Waals surface area contributed by atoms with Crippen LogP contribution in [-0.4, -0.2) is 43.2 Å². The highest BCUT2D eigenvalue weighted by molar-refractivity contribution is 5.91. The first-order valence-electron chi connectivity index (χ1n) is 8.49. The van der Waals surface area contributed by atoms with E-state index in [4.69, 9.17) is 4.74 Å². The lowest BCUT2D eigenvalue weighted by Gasteiger charge is -2.41. The van der Waals surface area contributed by atoms with Gasteiger partial charge in [0.2, 0.25) is 0 Å². The first-order valence-corrected chi connectivity index (χ1v) is 8.49. The Kier molecular flexibility index (Phi) is 8.01. The zero-order valence-electron chi connectivity index (χ0n) is 14.8. The summed E-state index contributed by atoms with van der Waals surface area (Å²) in [7, 11) is 4.54. The number of hydrogen-bond donors (Lipinski definition) is 0. The minimum Gasteiger partial charge on any atom is -1.00 e. The van der Waals surface area contributed by atoms with E-state index in [1.165, 1.54) is 32.1 Å². The maximum atomic E-state index is 12.3. The minimum atomic E-state index is -0.200. The number of benzene rings is 1. The van der Waals surface area contributed by atoms with Crippen LogP contribution in [0.5, 0.6) is 0 Å². The highest BCUT2D eigenvalue weighted by Crippen LogP contribution is 2.26. The Bertz CT molecular complexity index is 510. The maximum Gasteiger partial charge on any atom is 0.338 e. The summed E-state index contributed by atoms with van der Waals surface area (Å²) in [5, 5.41) is 0. The summed E-state index contributed by atoms with van der Waals surface area (Å²) in [5.41, 5.74) is 1.65. The van der Waals surface area contributed by atoms with E-state index in [0.29, 0.717) is 11.6 Å². The number of aryl methyl sites for hydroxylation is 1. The highest BCUT2D eigenvalue weighted by atomic mass is 127. The molecule has 1 aliphatic carbocycles. The molecule has 23 heavy (non-hydrogen) atoms. The Morgan fingerprint density at radius 1 is 1.22 bits per heavy atom. The summed E-state index contributed by atoms with van der Waals surface area (Å²) >= 11 is 0. The number of quaternary nitrogens is 1. The number of rotatable bonds is 5. The second-order valence-corrected chi connectivity index (χ2v) is 7.28. The van der Waals surface area contributed by atoms with Gasteiger partial charge in [-0.25, -0.2) is 4.79 Å². The highest BCUT2D eigenvalue weighted by Gasteiger charge is 2.32. The molecular weight excluding hydrogens is 401 g/mol. The molecule has 1 atom stereocenters. The summed E-state index contributed by atoms with van der Waals surface area (Å²) in [6.45, 7) is 4.84. The summed E-state index contributed by atoms with van der Waals surface area (Å²) < 4.78 is 6.64. The first kappa shape index (κ1) is 20.4. The smallest absolute Gasteiger partial charge is 0.338 e. The van der Waals surface area contributed by atoms with Crippen LogP contribution < -0.4 is 24.0 Å². The maximum absolute atomic E-state index is 12.3. The van der Waals surface area contributed by atoms with E-state index < -0.39 is 0 Å². The van der Waals surface area contributed by atoms with Crippen LogP contribution in [0.3, 0.4) is 0 Å². The van der Waals surface area contributed by atoms with Crippen molar-refractivity contribution in [1.29, 1.82) is 0 Å². The monoisotopic (exact) mass is 431 g/mol. The Morgan fingerprint density at radius 3 is 2.43 bits per heavy atom. The van der Waals surface area contributed by atoms with Gasteiger partial charge in [-0.15, -0.1) is 0 Å². The van der Waals surface area contributed by atoms with Crippen molar-refractivity contribution in [3.05, 3.63) is 35.4 Å². The number of carbonyl (C=O) groups is 1. The van der Waals surface area contributed by atoms with E-state index in [-0.39, 0.29) is 36.0 Å². The van der Waals surface area contributed by atoms with E-state index in [1.54, 1.807) is 0 Å². The van der Waals surface area contributed by atoms with Gasteiger partial charge in [-0.3, -0.25) is 0 Å². The van der Waals surface area contributed by atoms with Crippen LogP contribution in [0.4, 0.5) is 0 Å². The molecule has 0 aliphatic heterocycles. The number of halogens is 1. The fraction of sp³-hybridized carbons (Fsp3) is 0.632. The molecule has 1 unspecified atom stereocenters. The van der Waals surface area contributed by atoms with Crippen molar-refractivity contribution in [2.75, 3.05) is 20.6 Å². The Hall–Kier alpha value is -0.620. The van der Waals surface area contributed by atoms with Gasteiger partial charge in [-0.1, -0.05) is 24.6 Å². The van der Waals surface area contributed by atoms with Gasteiger partial charge < -0.3 is 33.2 Å². The normalized spacial score (nSPS) is 17.2. The molecule has 0 spiro atoms. The molecule has 0 heterocycles. The fourth-order valence-electron chi connectivity index (χ4n) is 3.68. The molecule has 3 nitrogen and oxygen atoms in total. The van der Waals surface area contributed by atoms with E-state index in [9.17, 15) is 4.79 Å². The Balaban J connectivity index is 0.00000264. The molecule has 0 radical (unpaired) electrons. The minimum absolute atomic E-state index is 0. The molecule has 0 aromatic heterocycles. The zero-order valence-corrected chi connectivity index (χ0v) is 17.0. The lowest BCUT2D eigenvalue weighted by molar-refractivity contribution is -0.918. The molecule has 0 amide bonds. The predicted molar refractivity (Wildman–Crippen MR) is 89.9 cm³/mol. The van der Waals surface area contributed by atoms with Crippen LogP contribution in [0.1, 0.15) is 54.9 Å². The van der Waals surface area contributed by atoms with E-state index in [0.717, 1.165) is 16.6 Å². The van der Waals surface area contributed by atoms with Crippen molar-refractivity contribution in [1.82, 2.24) is 0 Å². The van der Waals surface area contributed by atoms with Crippen molar-refractivity contribution >= 4 is 5.97 Å². The van der Waals surface area contributed by atoms with E-state index in [1.807, 2.05) is 38.1 Å². The van der Waals surface area contributed by atoms with Gasteiger partial charge in [0.05, 0.1) is 25.7 Å². The number of hydrogen-bond acceptors (Lipinski definition) is 2. The van der Waals surface area contributed by atoms with Gasteiger partial charge in [0.15, 0.2) is 0 Å². The van der Waals surface area contributed by atoms with Crippen LogP contribution >= 0.6 is 0 Å². The first-order chi connectivity index (χ1) is 10.4. The predicted octanol–water partition coefficient (Wildman–Crippen LogP) is 0.953.